The molecule has 1 aliphatic rings. The molecule has 1 fully saturated rings. The lowest BCUT2D eigenvalue weighted by Gasteiger charge is -2.33. The summed E-state index contributed by atoms with van der Waals surface area (Å²) < 4.78 is 28.4. The number of benzene rings is 3. The molecule has 1 N–H and O–H groups in total. The van der Waals surface area contributed by atoms with Crippen LogP contribution in [0.1, 0.15) is 36.8 Å². The van der Waals surface area contributed by atoms with Crippen molar-refractivity contribution >= 4 is 49.4 Å². The van der Waals surface area contributed by atoms with Crippen molar-refractivity contribution in [1.82, 2.24) is 14.5 Å². The fourth-order valence-electron chi connectivity index (χ4n) is 4.91. The van der Waals surface area contributed by atoms with Crippen LogP contribution in [0, 0.1) is 0 Å². The fraction of sp³-hybridized carbons (Fsp3) is 0.333. The van der Waals surface area contributed by atoms with E-state index in [1.54, 1.807) is 0 Å². The summed E-state index contributed by atoms with van der Waals surface area (Å²) in [6, 6.07) is 22.1. The molecule has 1 atom stereocenters. The van der Waals surface area contributed by atoms with Gasteiger partial charge in [0, 0.05) is 35.6 Å². The molecule has 0 heterocycles. The Kier molecular flexibility index (Phi) is 10.4. The summed E-state index contributed by atoms with van der Waals surface area (Å²) in [6.45, 7) is -0.288. The number of nitrogens with one attached hydrogen (secondary N) is 1. The molecule has 4 rings (SSSR count). The van der Waals surface area contributed by atoms with Crippen LogP contribution < -0.4 is 5.32 Å². The van der Waals surface area contributed by atoms with Gasteiger partial charge in [0.1, 0.15) is 6.04 Å². The largest absolute Gasteiger partial charge is 0.352 e. The topological polar surface area (TPSA) is 86.8 Å². The molecular formula is C30H33BrClN3O4S. The maximum Gasteiger partial charge on any atom is 0.243 e. The number of likely N-dealkylation sites (N-methyl/N-ethyl adjacent to an activating group) is 1. The predicted molar refractivity (Wildman–Crippen MR) is 160 cm³/mol. The molecule has 0 spiro atoms. The predicted octanol–water partition coefficient (Wildman–Crippen LogP) is 5.42. The van der Waals surface area contributed by atoms with Gasteiger partial charge in [-0.1, -0.05) is 82.8 Å². The lowest BCUT2D eigenvalue weighted by Crippen LogP contribution is -2.54. The van der Waals surface area contributed by atoms with E-state index in [-0.39, 0.29) is 23.4 Å². The number of carbonyl (C=O) groups is 2. The van der Waals surface area contributed by atoms with Gasteiger partial charge in [0.05, 0.1) is 11.4 Å². The van der Waals surface area contributed by atoms with Crippen molar-refractivity contribution in [1.29, 1.82) is 0 Å². The van der Waals surface area contributed by atoms with E-state index in [1.165, 1.54) is 36.2 Å². The quantitative estimate of drug-likeness (QED) is 0.302. The van der Waals surface area contributed by atoms with Crippen molar-refractivity contribution in [2.45, 2.75) is 55.6 Å². The van der Waals surface area contributed by atoms with Crippen molar-refractivity contribution in [2.75, 3.05) is 13.6 Å². The molecule has 0 aromatic heterocycles. The van der Waals surface area contributed by atoms with E-state index in [9.17, 15) is 18.0 Å². The third kappa shape index (κ3) is 7.94. The van der Waals surface area contributed by atoms with Crippen molar-refractivity contribution in [2.24, 2.45) is 0 Å². The second-order valence-electron chi connectivity index (χ2n) is 10.1. The van der Waals surface area contributed by atoms with Crippen molar-refractivity contribution in [3.05, 3.63) is 99.5 Å². The van der Waals surface area contributed by atoms with Gasteiger partial charge in [-0.05, 0) is 60.4 Å². The van der Waals surface area contributed by atoms with Gasteiger partial charge in [-0.15, -0.1) is 0 Å². The van der Waals surface area contributed by atoms with Gasteiger partial charge in [0.2, 0.25) is 21.8 Å². The summed E-state index contributed by atoms with van der Waals surface area (Å²) in [7, 11) is -2.60. The average molecular weight is 647 g/mol. The van der Waals surface area contributed by atoms with Crippen molar-refractivity contribution in [3.63, 3.8) is 0 Å². The van der Waals surface area contributed by atoms with E-state index in [0.717, 1.165) is 45.6 Å². The Morgan fingerprint density at radius 1 is 0.975 bits per heavy atom. The van der Waals surface area contributed by atoms with Crippen LogP contribution >= 0.6 is 27.5 Å². The van der Waals surface area contributed by atoms with Gasteiger partial charge in [0.25, 0.3) is 0 Å². The first kappa shape index (κ1) is 30.2. The number of carbonyl (C=O) groups excluding carboxylic acids is 2. The third-order valence-corrected chi connectivity index (χ3v) is 9.66. The Bertz CT molecular complexity index is 1410. The lowest BCUT2D eigenvalue weighted by molar-refractivity contribution is -0.141. The molecule has 40 heavy (non-hydrogen) atoms. The molecule has 212 valence electrons. The highest BCUT2D eigenvalue weighted by molar-refractivity contribution is 9.10. The zero-order chi connectivity index (χ0) is 28.7. The number of rotatable bonds is 11. The normalized spacial score (nSPS) is 14.7. The molecule has 2 amide bonds. The second-order valence-corrected chi connectivity index (χ2v) is 13.5. The maximum absolute atomic E-state index is 14.0. The zero-order valence-corrected chi connectivity index (χ0v) is 25.5. The fourth-order valence-corrected chi connectivity index (χ4v) is 6.60. The number of amides is 2. The molecule has 1 saturated carbocycles. The van der Waals surface area contributed by atoms with Crippen LogP contribution in [0.5, 0.6) is 0 Å². The van der Waals surface area contributed by atoms with Crippen LogP contribution in [-0.4, -0.2) is 55.1 Å². The first-order valence-corrected chi connectivity index (χ1v) is 15.8. The van der Waals surface area contributed by atoms with Gasteiger partial charge >= 0.3 is 0 Å². The molecule has 0 unspecified atom stereocenters. The van der Waals surface area contributed by atoms with Crippen molar-refractivity contribution < 1.29 is 18.0 Å². The van der Waals surface area contributed by atoms with Crippen molar-refractivity contribution in [3.8, 4) is 0 Å². The van der Waals surface area contributed by atoms with E-state index in [1.807, 2.05) is 54.6 Å². The van der Waals surface area contributed by atoms with Crippen LogP contribution in [0.3, 0.4) is 0 Å². The minimum Gasteiger partial charge on any atom is -0.352 e. The number of sulfonamides is 1. The zero-order valence-electron chi connectivity index (χ0n) is 22.3. The first-order valence-electron chi connectivity index (χ1n) is 13.2. The van der Waals surface area contributed by atoms with Gasteiger partial charge in [0.15, 0.2) is 0 Å². The summed E-state index contributed by atoms with van der Waals surface area (Å²) in [5.41, 5.74) is 1.72. The number of hydrogen-bond donors (Lipinski definition) is 1. The molecule has 0 radical (unpaired) electrons. The summed E-state index contributed by atoms with van der Waals surface area (Å²) in [4.78, 5) is 29.3. The molecule has 3 aromatic rings. The molecule has 7 nitrogen and oxygen atoms in total. The highest BCUT2D eigenvalue weighted by Crippen LogP contribution is 2.22. The SMILES string of the molecule is CN(CC(=O)N(Cc1cccc(Br)c1)[C@@H](Cc1ccccc1)C(=O)NC1CCCC1)S(=O)(=O)c1ccc(Cl)cc1. The van der Waals surface area contributed by atoms with Gasteiger partial charge in [-0.2, -0.15) is 4.31 Å². The van der Waals surface area contributed by atoms with Crippen LogP contribution in [0.15, 0.2) is 88.2 Å². The Hall–Kier alpha value is -2.72. The van der Waals surface area contributed by atoms with Gasteiger partial charge in [-0.3, -0.25) is 9.59 Å². The Labute approximate surface area is 249 Å². The summed E-state index contributed by atoms with van der Waals surface area (Å²) >= 11 is 9.42. The van der Waals surface area contributed by atoms with Gasteiger partial charge < -0.3 is 10.2 Å². The summed E-state index contributed by atoms with van der Waals surface area (Å²) in [6.07, 6.45) is 4.23. The van der Waals surface area contributed by atoms with Crippen LogP contribution in [-0.2, 0) is 32.6 Å². The van der Waals surface area contributed by atoms with Crippen LogP contribution in [0.25, 0.3) is 0 Å². The summed E-state index contributed by atoms with van der Waals surface area (Å²) in [5, 5.41) is 3.57. The Balaban J connectivity index is 1.66. The summed E-state index contributed by atoms with van der Waals surface area (Å²) in [5.74, 6) is -0.704. The van der Waals surface area contributed by atoms with E-state index in [0.29, 0.717) is 11.4 Å². The minimum absolute atomic E-state index is 0.0329. The number of halogens is 2. The van der Waals surface area contributed by atoms with E-state index < -0.39 is 28.5 Å². The first-order chi connectivity index (χ1) is 19.1. The number of nitrogens with zero attached hydrogens (tertiary/aromatic N) is 2. The van der Waals surface area contributed by atoms with Gasteiger partial charge in [-0.25, -0.2) is 8.42 Å². The van der Waals surface area contributed by atoms with E-state index in [2.05, 4.69) is 21.2 Å². The van der Waals surface area contributed by atoms with E-state index >= 15 is 0 Å². The minimum atomic E-state index is -3.97. The highest BCUT2D eigenvalue weighted by Gasteiger charge is 2.34. The molecular weight excluding hydrogens is 614 g/mol. The molecule has 10 heteroatoms. The molecule has 3 aromatic carbocycles. The molecule has 0 aliphatic heterocycles. The van der Waals surface area contributed by atoms with Crippen LogP contribution in [0.4, 0.5) is 0 Å². The molecule has 1 aliphatic carbocycles. The second kappa shape index (κ2) is 13.8. The monoisotopic (exact) mass is 645 g/mol. The smallest absolute Gasteiger partial charge is 0.243 e. The maximum atomic E-state index is 14.0. The third-order valence-electron chi connectivity index (χ3n) is 7.09. The lowest BCUT2D eigenvalue weighted by atomic mass is 10.0. The standard InChI is InChI=1S/C30H33BrClN3O4S/c1-34(40(38,39)27-16-14-25(32)15-17-27)21-29(36)35(20-23-10-7-11-24(31)18-23)28(19-22-8-3-2-4-9-22)30(37)33-26-12-5-6-13-26/h2-4,7-11,14-18,26,28H,5-6,12-13,19-21H2,1H3,(H,33,37)/t28-/m0/s1. The Morgan fingerprint density at radius 3 is 2.27 bits per heavy atom. The Morgan fingerprint density at radius 2 is 1.62 bits per heavy atom. The molecule has 0 bridgehead atoms. The number of hydrogen-bond acceptors (Lipinski definition) is 4. The highest BCUT2D eigenvalue weighted by atomic mass is 79.9. The van der Waals surface area contributed by atoms with E-state index in [4.69, 9.17) is 11.6 Å². The van der Waals surface area contributed by atoms with Crippen LogP contribution in [0.2, 0.25) is 5.02 Å². The molecule has 0 saturated heterocycles. The average Bonchev–Trinajstić information content (AvgIpc) is 3.44.